The molecule has 1 aromatic rings. The molecule has 6 nitrogen and oxygen atoms in total. The summed E-state index contributed by atoms with van der Waals surface area (Å²) in [5.41, 5.74) is 1.03. The smallest absolute Gasteiger partial charge is 0.313 e. The second-order valence-electron chi connectivity index (χ2n) is 6.33. The second-order valence-corrected chi connectivity index (χ2v) is 6.33. The molecule has 3 rings (SSSR count). The van der Waals surface area contributed by atoms with Crippen molar-refractivity contribution in [1.82, 2.24) is 4.90 Å². The lowest BCUT2D eigenvalue weighted by atomic mass is 9.81. The van der Waals surface area contributed by atoms with Crippen LogP contribution in [-0.4, -0.2) is 65.6 Å². The number of carbonyl (C=O) groups excluding carboxylic acids is 1. The maximum atomic E-state index is 12.1. The van der Waals surface area contributed by atoms with Gasteiger partial charge in [0, 0.05) is 6.42 Å². The molecular formula is C17H23NO5. The van der Waals surface area contributed by atoms with Crippen molar-refractivity contribution in [3.8, 4) is 0 Å². The number of rotatable bonds is 4. The first kappa shape index (κ1) is 16.4. The Hall–Kier alpha value is -1.47. The van der Waals surface area contributed by atoms with Crippen LogP contribution < -0.4 is 0 Å². The summed E-state index contributed by atoms with van der Waals surface area (Å²) in [7, 11) is 3.15. The fourth-order valence-electron chi connectivity index (χ4n) is 3.87. The zero-order valence-electron chi connectivity index (χ0n) is 13.3. The van der Waals surface area contributed by atoms with Gasteiger partial charge in [-0.15, -0.1) is 0 Å². The summed E-state index contributed by atoms with van der Waals surface area (Å²) in [5, 5.41) is 20.6. The molecule has 2 aliphatic rings. The normalized spacial score (nSPS) is 36.9. The molecule has 23 heavy (non-hydrogen) atoms. The van der Waals surface area contributed by atoms with Gasteiger partial charge in [-0.2, -0.15) is 0 Å². The van der Waals surface area contributed by atoms with Crippen LogP contribution in [0.2, 0.25) is 0 Å². The zero-order valence-corrected chi connectivity index (χ0v) is 13.3. The minimum Gasteiger partial charge on any atom is -0.469 e. The lowest BCUT2D eigenvalue weighted by Crippen LogP contribution is -2.72. The van der Waals surface area contributed by atoms with Crippen molar-refractivity contribution >= 4 is 5.97 Å². The van der Waals surface area contributed by atoms with Crippen molar-refractivity contribution in [3.63, 3.8) is 0 Å². The van der Waals surface area contributed by atoms with E-state index in [1.807, 2.05) is 42.3 Å². The Bertz CT molecular complexity index is 551. The van der Waals surface area contributed by atoms with Crippen molar-refractivity contribution in [2.45, 2.75) is 43.4 Å². The topological polar surface area (TPSA) is 79.2 Å². The first-order chi connectivity index (χ1) is 11.0. The van der Waals surface area contributed by atoms with Crippen LogP contribution in [0.1, 0.15) is 12.0 Å². The standard InChI is InChI=1S/C17H23NO5/c1-18-14-12(20)8-11(19)13(17(21)22-2)15(18)16(14)23-9-10-6-4-3-5-7-10/h3-7,11-16,19-20H,8-9H2,1-2H3/t11-,12-,13-,14+,15-,16-/m0/s1. The third kappa shape index (κ3) is 2.87. The number of fused-ring (bicyclic) bond motifs is 2. The number of aliphatic hydroxyl groups excluding tert-OH is 2. The summed E-state index contributed by atoms with van der Waals surface area (Å²) in [6, 6.07) is 9.25. The van der Waals surface area contributed by atoms with E-state index in [0.29, 0.717) is 6.61 Å². The molecule has 6 heteroatoms. The van der Waals surface area contributed by atoms with E-state index in [9.17, 15) is 15.0 Å². The van der Waals surface area contributed by atoms with Gasteiger partial charge in [-0.3, -0.25) is 9.69 Å². The molecule has 2 N–H and O–H groups in total. The molecule has 2 fully saturated rings. The molecule has 6 atom stereocenters. The molecule has 1 aliphatic carbocycles. The van der Waals surface area contributed by atoms with Crippen molar-refractivity contribution in [3.05, 3.63) is 35.9 Å². The van der Waals surface area contributed by atoms with Gasteiger partial charge in [-0.1, -0.05) is 30.3 Å². The molecule has 1 saturated heterocycles. The average Bonchev–Trinajstić information content (AvgIpc) is 2.72. The molecule has 1 aromatic carbocycles. The summed E-state index contributed by atoms with van der Waals surface area (Å²) >= 11 is 0. The molecule has 126 valence electrons. The number of methoxy groups -OCH3 is 1. The number of hydrogen-bond donors (Lipinski definition) is 2. The Labute approximate surface area is 135 Å². The SMILES string of the molecule is COC(=O)[C@@H]1[C@H]2[C@@H](OCc3ccccc3)[C@@H]([C@@H](O)C[C@@H]1O)N2C. The van der Waals surface area contributed by atoms with Crippen LogP contribution in [0.25, 0.3) is 0 Å². The highest BCUT2D eigenvalue weighted by molar-refractivity contribution is 5.74. The van der Waals surface area contributed by atoms with Crippen LogP contribution in [0, 0.1) is 5.92 Å². The maximum Gasteiger partial charge on any atom is 0.313 e. The van der Waals surface area contributed by atoms with E-state index in [4.69, 9.17) is 9.47 Å². The van der Waals surface area contributed by atoms with Gasteiger partial charge in [-0.25, -0.2) is 0 Å². The number of likely N-dealkylation sites (N-methyl/N-ethyl adjacent to an activating group) is 1. The van der Waals surface area contributed by atoms with E-state index in [0.717, 1.165) is 5.56 Å². The minimum absolute atomic E-state index is 0.149. The Morgan fingerprint density at radius 2 is 1.91 bits per heavy atom. The molecule has 0 aromatic heterocycles. The van der Waals surface area contributed by atoms with E-state index in [-0.39, 0.29) is 24.6 Å². The lowest BCUT2D eigenvalue weighted by Gasteiger charge is -2.54. The summed E-state index contributed by atoms with van der Waals surface area (Å²) in [5.74, 6) is -1.17. The monoisotopic (exact) mass is 321 g/mol. The van der Waals surface area contributed by atoms with Crippen molar-refractivity contribution in [2.75, 3.05) is 14.2 Å². The second kappa shape index (κ2) is 6.57. The number of aliphatic hydroxyl groups is 2. The van der Waals surface area contributed by atoms with E-state index in [2.05, 4.69) is 0 Å². The zero-order chi connectivity index (χ0) is 16.6. The molecule has 1 heterocycles. The number of esters is 1. The van der Waals surface area contributed by atoms with E-state index in [1.54, 1.807) is 0 Å². The average molecular weight is 321 g/mol. The van der Waals surface area contributed by atoms with Gasteiger partial charge in [-0.05, 0) is 12.6 Å². The Morgan fingerprint density at radius 1 is 1.22 bits per heavy atom. The Morgan fingerprint density at radius 3 is 2.57 bits per heavy atom. The van der Waals surface area contributed by atoms with Crippen LogP contribution >= 0.6 is 0 Å². The third-order valence-corrected chi connectivity index (χ3v) is 5.03. The van der Waals surface area contributed by atoms with E-state index >= 15 is 0 Å². The molecule has 1 aliphatic heterocycles. The first-order valence-electron chi connectivity index (χ1n) is 7.86. The summed E-state index contributed by atoms with van der Waals surface area (Å²) in [4.78, 5) is 14.0. The predicted octanol–water partition coefficient (Wildman–Crippen LogP) is 0.169. The maximum absolute atomic E-state index is 12.1. The van der Waals surface area contributed by atoms with Crippen LogP contribution in [0.4, 0.5) is 0 Å². The summed E-state index contributed by atoms with van der Waals surface area (Å²) < 4.78 is 10.8. The number of likely N-dealkylation sites (tertiary alicyclic amines) is 1. The quantitative estimate of drug-likeness (QED) is 0.770. The van der Waals surface area contributed by atoms with Gasteiger partial charge in [0.15, 0.2) is 0 Å². The van der Waals surface area contributed by atoms with Crippen LogP contribution in [0.5, 0.6) is 0 Å². The van der Waals surface area contributed by atoms with E-state index in [1.165, 1.54) is 7.11 Å². The van der Waals surface area contributed by atoms with Gasteiger partial charge >= 0.3 is 5.97 Å². The van der Waals surface area contributed by atoms with Crippen molar-refractivity contribution < 1.29 is 24.5 Å². The number of hydrogen-bond acceptors (Lipinski definition) is 6. The number of ether oxygens (including phenoxy) is 2. The lowest BCUT2D eigenvalue weighted by molar-refractivity contribution is -0.193. The van der Waals surface area contributed by atoms with Crippen molar-refractivity contribution in [1.29, 1.82) is 0 Å². The number of nitrogens with zero attached hydrogens (tertiary/aromatic N) is 1. The van der Waals surface area contributed by atoms with Gasteiger partial charge in [0.25, 0.3) is 0 Å². The Balaban J connectivity index is 1.78. The van der Waals surface area contributed by atoms with Crippen LogP contribution in [-0.2, 0) is 20.9 Å². The molecule has 2 bridgehead atoms. The molecule has 0 unspecified atom stereocenters. The molecule has 1 saturated carbocycles. The first-order valence-corrected chi connectivity index (χ1v) is 7.86. The van der Waals surface area contributed by atoms with Gasteiger partial charge in [0.05, 0.1) is 44.1 Å². The Kier molecular flexibility index (Phi) is 4.68. The van der Waals surface area contributed by atoms with E-state index < -0.39 is 24.1 Å². The predicted molar refractivity (Wildman–Crippen MR) is 82.5 cm³/mol. The van der Waals surface area contributed by atoms with Gasteiger partial charge in [0.2, 0.25) is 0 Å². The van der Waals surface area contributed by atoms with Crippen LogP contribution in [0.3, 0.4) is 0 Å². The highest BCUT2D eigenvalue weighted by atomic mass is 16.5. The molecule has 0 amide bonds. The fourth-order valence-corrected chi connectivity index (χ4v) is 3.87. The molecule has 0 spiro atoms. The molecule has 0 radical (unpaired) electrons. The minimum atomic E-state index is -0.930. The highest BCUT2D eigenvalue weighted by Crippen LogP contribution is 2.42. The largest absolute Gasteiger partial charge is 0.469 e. The highest BCUT2D eigenvalue weighted by Gasteiger charge is 2.60. The van der Waals surface area contributed by atoms with Gasteiger partial charge < -0.3 is 19.7 Å². The number of carbonyl (C=O) groups is 1. The van der Waals surface area contributed by atoms with Gasteiger partial charge in [0.1, 0.15) is 5.92 Å². The summed E-state index contributed by atoms with van der Waals surface area (Å²) in [6.07, 6.45) is -1.82. The van der Waals surface area contributed by atoms with Crippen molar-refractivity contribution in [2.24, 2.45) is 5.92 Å². The van der Waals surface area contributed by atoms with Crippen LogP contribution in [0.15, 0.2) is 30.3 Å². The number of benzene rings is 1. The molecular weight excluding hydrogens is 298 g/mol. The fraction of sp³-hybridized carbons (Fsp3) is 0.588. The summed E-state index contributed by atoms with van der Waals surface area (Å²) in [6.45, 7) is 0.406. The third-order valence-electron chi connectivity index (χ3n) is 5.03.